The third-order valence-electron chi connectivity index (χ3n) is 4.46. The molecule has 7 nitrogen and oxygen atoms in total. The van der Waals surface area contributed by atoms with Crippen LogP contribution in [0.5, 0.6) is 11.5 Å². The van der Waals surface area contributed by atoms with E-state index in [-0.39, 0.29) is 11.6 Å². The van der Waals surface area contributed by atoms with Crippen LogP contribution in [-0.4, -0.2) is 36.6 Å². The molecule has 0 spiro atoms. The van der Waals surface area contributed by atoms with Gasteiger partial charge in [-0.15, -0.1) is 0 Å². The molecule has 150 valence electrons. The zero-order chi connectivity index (χ0) is 20.6. The second-order valence-electron chi connectivity index (χ2n) is 6.28. The number of methoxy groups -OCH3 is 2. The summed E-state index contributed by atoms with van der Waals surface area (Å²) in [5, 5.41) is 2.83. The Morgan fingerprint density at radius 3 is 2.52 bits per heavy atom. The molecule has 7 heteroatoms. The van der Waals surface area contributed by atoms with Gasteiger partial charge in [-0.05, 0) is 24.6 Å². The lowest BCUT2D eigenvalue weighted by Crippen LogP contribution is -2.24. The summed E-state index contributed by atoms with van der Waals surface area (Å²) in [7, 11) is 3.11. The van der Waals surface area contributed by atoms with E-state index in [1.807, 2.05) is 25.1 Å². The summed E-state index contributed by atoms with van der Waals surface area (Å²) >= 11 is 0. The maximum Gasteiger partial charge on any atom is 0.274 e. The molecule has 29 heavy (non-hydrogen) atoms. The molecule has 0 aliphatic rings. The zero-order valence-electron chi connectivity index (χ0n) is 16.8. The van der Waals surface area contributed by atoms with Gasteiger partial charge in [0.2, 0.25) is 0 Å². The van der Waals surface area contributed by atoms with Crippen LogP contribution in [0.25, 0.3) is 0 Å². The van der Waals surface area contributed by atoms with Crippen molar-refractivity contribution in [3.8, 4) is 11.5 Å². The van der Waals surface area contributed by atoms with Gasteiger partial charge in [0.1, 0.15) is 29.3 Å². The van der Waals surface area contributed by atoms with Gasteiger partial charge >= 0.3 is 0 Å². The summed E-state index contributed by atoms with van der Waals surface area (Å²) in [4.78, 5) is 23.4. The van der Waals surface area contributed by atoms with Crippen LogP contribution in [-0.2, 0) is 6.54 Å². The van der Waals surface area contributed by atoms with Crippen LogP contribution in [0.1, 0.15) is 23.0 Å². The van der Waals surface area contributed by atoms with E-state index in [0.29, 0.717) is 29.5 Å². The molecule has 2 aromatic carbocycles. The largest absolute Gasteiger partial charge is 0.497 e. The third kappa shape index (κ3) is 5.01. The van der Waals surface area contributed by atoms with Crippen LogP contribution in [0.3, 0.4) is 0 Å². The van der Waals surface area contributed by atoms with Gasteiger partial charge in [-0.1, -0.05) is 30.3 Å². The van der Waals surface area contributed by atoms with Crippen LogP contribution in [0.15, 0.2) is 60.9 Å². The van der Waals surface area contributed by atoms with Crippen molar-refractivity contribution >= 4 is 17.4 Å². The van der Waals surface area contributed by atoms with Gasteiger partial charge in [0, 0.05) is 25.2 Å². The van der Waals surface area contributed by atoms with Gasteiger partial charge in [-0.3, -0.25) is 4.79 Å². The molecular formula is C22H24N4O3. The number of nitrogens with zero attached hydrogens (tertiary/aromatic N) is 3. The van der Waals surface area contributed by atoms with Crippen molar-refractivity contribution in [3.63, 3.8) is 0 Å². The van der Waals surface area contributed by atoms with Gasteiger partial charge in [-0.2, -0.15) is 0 Å². The van der Waals surface area contributed by atoms with E-state index in [1.54, 1.807) is 38.5 Å². The first-order valence-corrected chi connectivity index (χ1v) is 9.29. The minimum absolute atomic E-state index is 0.270. The van der Waals surface area contributed by atoms with Crippen LogP contribution in [0.2, 0.25) is 0 Å². The topological polar surface area (TPSA) is 76.6 Å². The van der Waals surface area contributed by atoms with Gasteiger partial charge < -0.3 is 19.7 Å². The Hall–Kier alpha value is -3.61. The molecule has 1 N–H and O–H groups in total. The molecule has 3 rings (SSSR count). The first-order chi connectivity index (χ1) is 14.1. The second kappa shape index (κ2) is 9.54. The van der Waals surface area contributed by atoms with Crippen molar-refractivity contribution in [1.82, 2.24) is 9.97 Å². The molecule has 0 radical (unpaired) electrons. The average molecular weight is 392 g/mol. The number of benzene rings is 2. The van der Waals surface area contributed by atoms with Gasteiger partial charge in [0.05, 0.1) is 19.9 Å². The molecule has 0 saturated carbocycles. The van der Waals surface area contributed by atoms with Crippen LogP contribution in [0.4, 0.5) is 11.5 Å². The van der Waals surface area contributed by atoms with Crippen molar-refractivity contribution in [2.24, 2.45) is 0 Å². The molecule has 0 bridgehead atoms. The highest BCUT2D eigenvalue weighted by Gasteiger charge is 2.15. The Balaban J connectivity index is 1.80. The lowest BCUT2D eigenvalue weighted by atomic mass is 10.2. The second-order valence-corrected chi connectivity index (χ2v) is 6.28. The van der Waals surface area contributed by atoms with E-state index < -0.39 is 0 Å². The zero-order valence-corrected chi connectivity index (χ0v) is 16.8. The van der Waals surface area contributed by atoms with Crippen molar-refractivity contribution in [2.75, 3.05) is 31.0 Å². The Bertz CT molecular complexity index is 963. The monoisotopic (exact) mass is 392 g/mol. The average Bonchev–Trinajstić information content (AvgIpc) is 2.78. The minimum Gasteiger partial charge on any atom is -0.497 e. The minimum atomic E-state index is -0.351. The highest BCUT2D eigenvalue weighted by Crippen LogP contribution is 2.29. The molecule has 1 heterocycles. The molecular weight excluding hydrogens is 368 g/mol. The molecule has 1 aromatic heterocycles. The molecule has 1 amide bonds. The number of ether oxygens (including phenoxy) is 2. The van der Waals surface area contributed by atoms with E-state index in [1.165, 1.54) is 11.9 Å². The van der Waals surface area contributed by atoms with Crippen molar-refractivity contribution < 1.29 is 14.3 Å². The predicted octanol–water partition coefficient (Wildman–Crippen LogP) is 3.77. The van der Waals surface area contributed by atoms with E-state index >= 15 is 0 Å². The lowest BCUT2D eigenvalue weighted by molar-refractivity contribution is 0.102. The smallest absolute Gasteiger partial charge is 0.274 e. The Morgan fingerprint density at radius 1 is 1.03 bits per heavy atom. The van der Waals surface area contributed by atoms with E-state index in [4.69, 9.17) is 9.47 Å². The van der Waals surface area contributed by atoms with Gasteiger partial charge in [0.15, 0.2) is 0 Å². The lowest BCUT2D eigenvalue weighted by Gasteiger charge is -2.22. The Labute approximate surface area is 170 Å². The van der Waals surface area contributed by atoms with Crippen molar-refractivity contribution in [1.29, 1.82) is 0 Å². The fourth-order valence-electron chi connectivity index (χ4n) is 2.90. The van der Waals surface area contributed by atoms with E-state index in [2.05, 4.69) is 32.3 Å². The Kier molecular flexibility index (Phi) is 6.63. The summed E-state index contributed by atoms with van der Waals surface area (Å²) < 4.78 is 10.5. The fourth-order valence-corrected chi connectivity index (χ4v) is 2.90. The number of hydrogen-bond acceptors (Lipinski definition) is 6. The summed E-state index contributed by atoms with van der Waals surface area (Å²) in [6.45, 7) is 3.49. The fraction of sp³-hybridized carbons (Fsp3) is 0.227. The third-order valence-corrected chi connectivity index (χ3v) is 4.46. The molecule has 3 aromatic rings. The van der Waals surface area contributed by atoms with Gasteiger partial charge in [0.25, 0.3) is 5.91 Å². The van der Waals surface area contributed by atoms with Crippen molar-refractivity contribution in [2.45, 2.75) is 13.5 Å². The molecule has 0 atom stereocenters. The molecule has 0 aliphatic carbocycles. The predicted molar refractivity (Wildman–Crippen MR) is 113 cm³/mol. The first-order valence-electron chi connectivity index (χ1n) is 9.29. The number of carbonyl (C=O) groups is 1. The van der Waals surface area contributed by atoms with Crippen molar-refractivity contribution in [3.05, 3.63) is 72.2 Å². The number of carbonyl (C=O) groups excluding carboxylic acids is 1. The van der Waals surface area contributed by atoms with Crippen LogP contribution < -0.4 is 19.7 Å². The standard InChI is InChI=1S/C22H24N4O3/c1-4-26(14-16-8-6-5-7-9-16)21-13-19(23-15-24-21)22(27)25-18-12-17(28-2)10-11-20(18)29-3/h5-13,15H,4,14H2,1-3H3,(H,25,27). The van der Waals surface area contributed by atoms with Crippen LogP contribution >= 0.6 is 0 Å². The summed E-state index contributed by atoms with van der Waals surface area (Å²) in [5.41, 5.74) is 1.94. The van der Waals surface area contributed by atoms with E-state index in [0.717, 1.165) is 6.54 Å². The maximum atomic E-state index is 12.8. The highest BCUT2D eigenvalue weighted by atomic mass is 16.5. The van der Waals surface area contributed by atoms with Gasteiger partial charge in [-0.25, -0.2) is 9.97 Å². The SMILES string of the molecule is CCN(Cc1ccccc1)c1cc(C(=O)Nc2cc(OC)ccc2OC)ncn1. The van der Waals surface area contributed by atoms with Crippen LogP contribution in [0, 0.1) is 0 Å². The molecule has 0 unspecified atom stereocenters. The maximum absolute atomic E-state index is 12.8. The summed E-state index contributed by atoms with van der Waals surface area (Å²) in [5.74, 6) is 1.49. The normalized spacial score (nSPS) is 10.3. The molecule has 0 aliphatic heterocycles. The highest BCUT2D eigenvalue weighted by molar-refractivity contribution is 6.04. The number of amides is 1. The van der Waals surface area contributed by atoms with E-state index in [9.17, 15) is 4.79 Å². The summed E-state index contributed by atoms with van der Waals surface area (Å²) in [6, 6.07) is 17.0. The number of aromatic nitrogens is 2. The number of nitrogens with one attached hydrogen (secondary N) is 1. The Morgan fingerprint density at radius 2 is 1.83 bits per heavy atom. The number of rotatable bonds is 8. The first kappa shape index (κ1) is 20.1. The summed E-state index contributed by atoms with van der Waals surface area (Å²) in [6.07, 6.45) is 1.40. The molecule has 0 fully saturated rings. The number of anilines is 2. The number of hydrogen-bond donors (Lipinski definition) is 1. The quantitative estimate of drug-likeness (QED) is 0.629. The molecule has 0 saturated heterocycles.